The number of halogens is 3. The highest BCUT2D eigenvalue weighted by atomic mass is 35.5. The second-order valence-electron chi connectivity index (χ2n) is 3.91. The molecule has 0 aromatic carbocycles. The maximum Gasteiger partial charge on any atom is 0.282 e. The number of aromatic nitrogens is 3. The molecule has 0 aliphatic carbocycles. The average Bonchev–Trinajstić information content (AvgIpc) is 2.74. The van der Waals surface area contributed by atoms with Crippen molar-refractivity contribution in [2.24, 2.45) is 0 Å². The lowest BCUT2D eigenvalue weighted by molar-refractivity contribution is -0.107. The number of hydrogen-bond donors (Lipinski definition) is 0. The van der Waals surface area contributed by atoms with E-state index < -0.39 is 6.43 Å². The summed E-state index contributed by atoms with van der Waals surface area (Å²) < 4.78 is 26.5. The normalized spacial score (nSPS) is 11.0. The fourth-order valence-corrected chi connectivity index (χ4v) is 1.85. The molecule has 19 heavy (non-hydrogen) atoms. The lowest BCUT2D eigenvalue weighted by Gasteiger charge is -2.08. The van der Waals surface area contributed by atoms with Gasteiger partial charge in [-0.25, -0.2) is 18.4 Å². The van der Waals surface area contributed by atoms with Crippen molar-refractivity contribution in [3.8, 4) is 5.82 Å². The van der Waals surface area contributed by atoms with E-state index in [0.29, 0.717) is 23.4 Å². The highest BCUT2D eigenvalue weighted by molar-refractivity contribution is 6.29. The number of pyridine rings is 1. The van der Waals surface area contributed by atoms with Crippen molar-refractivity contribution >= 4 is 17.9 Å². The summed E-state index contributed by atoms with van der Waals surface area (Å²) in [6.45, 7) is 1.63. The van der Waals surface area contributed by atoms with E-state index in [0.717, 1.165) is 0 Å². The summed E-state index contributed by atoms with van der Waals surface area (Å²) in [5.41, 5.74) is 0.736. The van der Waals surface area contributed by atoms with Crippen LogP contribution >= 0.6 is 11.6 Å². The topological polar surface area (TPSA) is 47.8 Å². The first-order valence-electron chi connectivity index (χ1n) is 5.47. The van der Waals surface area contributed by atoms with Gasteiger partial charge in [-0.3, -0.25) is 0 Å². The van der Waals surface area contributed by atoms with Crippen molar-refractivity contribution in [1.82, 2.24) is 14.8 Å². The first-order chi connectivity index (χ1) is 9.02. The number of carbonyl (C=O) groups excluding carboxylic acids is 1. The predicted octanol–water partition coefficient (Wildman–Crippen LogP) is 2.91. The first kappa shape index (κ1) is 13.6. The standard InChI is InChI=1S/C12H10ClF2N3O/c1-7-6-9(11(14)15)17-18(7)12-8(4-5-19)2-3-10(13)16-12/h2-3,5-6,11H,4H2,1H3. The van der Waals surface area contributed by atoms with Gasteiger partial charge in [0, 0.05) is 17.7 Å². The van der Waals surface area contributed by atoms with Crippen LogP contribution in [0.15, 0.2) is 18.2 Å². The van der Waals surface area contributed by atoms with Crippen LogP contribution in [0.1, 0.15) is 23.4 Å². The van der Waals surface area contributed by atoms with E-state index >= 15 is 0 Å². The minimum atomic E-state index is -2.66. The van der Waals surface area contributed by atoms with Crippen LogP contribution < -0.4 is 0 Å². The van der Waals surface area contributed by atoms with Crippen molar-refractivity contribution in [3.05, 3.63) is 40.3 Å². The molecule has 2 heterocycles. The molecule has 0 bridgehead atoms. The Morgan fingerprint density at radius 2 is 2.21 bits per heavy atom. The number of rotatable bonds is 4. The first-order valence-corrected chi connectivity index (χ1v) is 5.85. The Labute approximate surface area is 113 Å². The van der Waals surface area contributed by atoms with Crippen LogP contribution in [0.4, 0.5) is 8.78 Å². The van der Waals surface area contributed by atoms with E-state index in [1.54, 1.807) is 13.0 Å². The number of hydrogen-bond acceptors (Lipinski definition) is 3. The summed E-state index contributed by atoms with van der Waals surface area (Å²) in [5.74, 6) is 0.295. The van der Waals surface area contributed by atoms with Crippen LogP contribution in [-0.2, 0) is 11.2 Å². The van der Waals surface area contributed by atoms with Crippen molar-refractivity contribution in [1.29, 1.82) is 0 Å². The van der Waals surface area contributed by atoms with E-state index in [9.17, 15) is 13.6 Å². The molecule has 0 saturated heterocycles. The Balaban J connectivity index is 2.56. The lowest BCUT2D eigenvalue weighted by atomic mass is 10.2. The SMILES string of the molecule is Cc1cc(C(F)F)nn1-c1nc(Cl)ccc1CC=O. The van der Waals surface area contributed by atoms with Gasteiger partial charge >= 0.3 is 0 Å². The molecule has 2 rings (SSSR count). The molecule has 2 aromatic heterocycles. The molecule has 2 aromatic rings. The van der Waals surface area contributed by atoms with Gasteiger partial charge < -0.3 is 4.79 Å². The molecule has 4 nitrogen and oxygen atoms in total. The van der Waals surface area contributed by atoms with Crippen LogP contribution in [-0.4, -0.2) is 21.1 Å². The van der Waals surface area contributed by atoms with Crippen molar-refractivity contribution in [3.63, 3.8) is 0 Å². The van der Waals surface area contributed by atoms with Gasteiger partial charge in [0.15, 0.2) is 5.82 Å². The van der Waals surface area contributed by atoms with E-state index in [1.807, 2.05) is 0 Å². The zero-order valence-corrected chi connectivity index (χ0v) is 10.7. The third-order valence-electron chi connectivity index (χ3n) is 2.56. The number of alkyl halides is 2. The number of nitrogens with zero attached hydrogens (tertiary/aromatic N) is 3. The van der Waals surface area contributed by atoms with Crippen molar-refractivity contribution < 1.29 is 13.6 Å². The minimum Gasteiger partial charge on any atom is -0.303 e. The molecule has 0 unspecified atom stereocenters. The van der Waals surface area contributed by atoms with Gasteiger partial charge in [-0.05, 0) is 19.1 Å². The summed E-state index contributed by atoms with van der Waals surface area (Å²) in [7, 11) is 0. The van der Waals surface area contributed by atoms with Crippen molar-refractivity contribution in [2.75, 3.05) is 0 Å². The Morgan fingerprint density at radius 3 is 2.79 bits per heavy atom. The minimum absolute atomic E-state index is 0.114. The molecule has 0 N–H and O–H groups in total. The Hall–Kier alpha value is -1.82. The van der Waals surface area contributed by atoms with E-state index in [2.05, 4.69) is 10.1 Å². The van der Waals surface area contributed by atoms with E-state index in [1.165, 1.54) is 16.8 Å². The fraction of sp³-hybridized carbons (Fsp3) is 0.250. The van der Waals surface area contributed by atoms with Gasteiger partial charge in [0.25, 0.3) is 6.43 Å². The molecular formula is C12H10ClF2N3O. The van der Waals surface area contributed by atoms with Gasteiger partial charge in [0.2, 0.25) is 0 Å². The molecule has 0 radical (unpaired) electrons. The largest absolute Gasteiger partial charge is 0.303 e. The lowest BCUT2D eigenvalue weighted by Crippen LogP contribution is -2.07. The third kappa shape index (κ3) is 2.78. The maximum absolute atomic E-state index is 12.6. The van der Waals surface area contributed by atoms with Crippen molar-refractivity contribution in [2.45, 2.75) is 19.8 Å². The van der Waals surface area contributed by atoms with Crippen LogP contribution in [0.3, 0.4) is 0 Å². The summed E-state index contributed by atoms with van der Waals surface area (Å²) in [4.78, 5) is 14.7. The third-order valence-corrected chi connectivity index (χ3v) is 2.77. The van der Waals surface area contributed by atoms with Gasteiger partial charge in [0.1, 0.15) is 17.1 Å². The Bertz CT molecular complexity index is 613. The molecule has 0 amide bonds. The molecule has 100 valence electrons. The molecule has 0 atom stereocenters. The number of aryl methyl sites for hydroxylation is 1. The van der Waals surface area contributed by atoms with Gasteiger partial charge in [0.05, 0.1) is 0 Å². The monoisotopic (exact) mass is 285 g/mol. The van der Waals surface area contributed by atoms with Crippen LogP contribution in [0.5, 0.6) is 0 Å². The summed E-state index contributed by atoms with van der Waals surface area (Å²) in [6.07, 6.45) is -1.84. The summed E-state index contributed by atoms with van der Waals surface area (Å²) in [6, 6.07) is 4.44. The Kier molecular flexibility index (Phi) is 3.90. The van der Waals surface area contributed by atoms with Gasteiger partial charge in [-0.15, -0.1) is 0 Å². The van der Waals surface area contributed by atoms with Crippen LogP contribution in [0.25, 0.3) is 5.82 Å². The second-order valence-corrected chi connectivity index (χ2v) is 4.30. The molecule has 0 spiro atoms. The predicted molar refractivity (Wildman–Crippen MR) is 65.8 cm³/mol. The maximum atomic E-state index is 12.6. The number of carbonyl (C=O) groups is 1. The summed E-state index contributed by atoms with van der Waals surface area (Å²) >= 11 is 5.80. The molecule has 0 aliphatic heterocycles. The zero-order valence-electron chi connectivity index (χ0n) is 9.98. The second kappa shape index (κ2) is 5.44. The number of aldehydes is 1. The molecule has 7 heteroatoms. The summed E-state index contributed by atoms with van der Waals surface area (Å²) in [5, 5.41) is 4.00. The molecular weight excluding hydrogens is 276 g/mol. The van der Waals surface area contributed by atoms with Gasteiger partial charge in [-0.1, -0.05) is 17.7 Å². The van der Waals surface area contributed by atoms with E-state index in [-0.39, 0.29) is 17.3 Å². The highest BCUT2D eigenvalue weighted by Gasteiger charge is 2.17. The van der Waals surface area contributed by atoms with E-state index in [4.69, 9.17) is 11.6 Å². The fourth-order valence-electron chi connectivity index (χ4n) is 1.71. The zero-order chi connectivity index (χ0) is 14.0. The average molecular weight is 286 g/mol. The van der Waals surface area contributed by atoms with Gasteiger partial charge in [-0.2, -0.15) is 5.10 Å². The Morgan fingerprint density at radius 1 is 1.47 bits per heavy atom. The highest BCUT2D eigenvalue weighted by Crippen LogP contribution is 2.22. The molecule has 0 aliphatic rings. The smallest absolute Gasteiger partial charge is 0.282 e. The quantitative estimate of drug-likeness (QED) is 0.641. The van der Waals surface area contributed by atoms with Crippen LogP contribution in [0.2, 0.25) is 5.15 Å². The van der Waals surface area contributed by atoms with Crippen LogP contribution in [0, 0.1) is 6.92 Å². The molecule has 0 fully saturated rings. The molecule has 0 saturated carbocycles.